The van der Waals surface area contributed by atoms with E-state index in [1.54, 1.807) is 37.3 Å². The molecular weight excluding hydrogens is 384 g/mol. The van der Waals surface area contributed by atoms with Gasteiger partial charge in [0.1, 0.15) is 16.6 Å². The van der Waals surface area contributed by atoms with E-state index in [0.717, 1.165) is 5.56 Å². The first-order valence-corrected chi connectivity index (χ1v) is 9.26. The molecule has 3 aromatic rings. The first-order chi connectivity index (χ1) is 13.0. The highest BCUT2D eigenvalue weighted by atomic mass is 35.5. The summed E-state index contributed by atoms with van der Waals surface area (Å²) >= 11 is 7.20. The summed E-state index contributed by atoms with van der Waals surface area (Å²) in [5, 5.41) is 21.5. The van der Waals surface area contributed by atoms with Crippen molar-refractivity contribution in [1.29, 1.82) is 5.26 Å². The minimum atomic E-state index is -0.410. The summed E-state index contributed by atoms with van der Waals surface area (Å²) < 4.78 is 0. The van der Waals surface area contributed by atoms with Gasteiger partial charge in [0.25, 0.3) is 5.91 Å². The van der Waals surface area contributed by atoms with Crippen LogP contribution < -0.4 is 5.32 Å². The van der Waals surface area contributed by atoms with Crippen molar-refractivity contribution in [2.75, 3.05) is 6.61 Å². The number of hydrogen-bond acceptors (Lipinski definition) is 6. The lowest BCUT2D eigenvalue weighted by atomic mass is 10.1. The number of aliphatic hydroxyl groups is 1. The van der Waals surface area contributed by atoms with Gasteiger partial charge in [0.15, 0.2) is 5.82 Å². The molecule has 8 heteroatoms. The Morgan fingerprint density at radius 1 is 1.30 bits per heavy atom. The molecule has 1 aromatic carbocycles. The summed E-state index contributed by atoms with van der Waals surface area (Å²) in [4.78, 5) is 22.6. The fourth-order valence-corrected chi connectivity index (χ4v) is 3.17. The first-order valence-electron chi connectivity index (χ1n) is 8.07. The maximum atomic E-state index is 12.5. The van der Waals surface area contributed by atoms with E-state index < -0.39 is 11.9 Å². The van der Waals surface area contributed by atoms with Crippen LogP contribution in [0.3, 0.4) is 0 Å². The number of thiophene rings is 1. The third-order valence-corrected chi connectivity index (χ3v) is 4.92. The average Bonchev–Trinajstić information content (AvgIpc) is 3.17. The normalized spacial score (nSPS) is 11.6. The SMILES string of the molecule is C[C@@H](CO)NC(=O)c1cc(-c2ccc(Cl)cc2)nc(-c2ccc(C#N)s2)n1. The molecule has 0 saturated heterocycles. The summed E-state index contributed by atoms with van der Waals surface area (Å²) in [7, 11) is 0. The van der Waals surface area contributed by atoms with Crippen LogP contribution in [0.1, 0.15) is 22.3 Å². The molecule has 0 aliphatic carbocycles. The Bertz CT molecular complexity index is 1010. The van der Waals surface area contributed by atoms with Crippen molar-refractivity contribution < 1.29 is 9.90 Å². The van der Waals surface area contributed by atoms with Crippen molar-refractivity contribution in [3.63, 3.8) is 0 Å². The third kappa shape index (κ3) is 4.49. The number of halogens is 1. The number of carbonyl (C=O) groups excluding carboxylic acids is 1. The van der Waals surface area contributed by atoms with E-state index in [1.165, 1.54) is 11.3 Å². The van der Waals surface area contributed by atoms with E-state index >= 15 is 0 Å². The molecule has 1 atom stereocenters. The number of nitriles is 1. The van der Waals surface area contributed by atoms with Gasteiger partial charge in [0.05, 0.1) is 17.2 Å². The molecule has 2 heterocycles. The Labute approximate surface area is 165 Å². The van der Waals surface area contributed by atoms with Gasteiger partial charge in [-0.2, -0.15) is 5.26 Å². The van der Waals surface area contributed by atoms with Gasteiger partial charge < -0.3 is 10.4 Å². The van der Waals surface area contributed by atoms with Crippen LogP contribution in [0.2, 0.25) is 5.02 Å². The van der Waals surface area contributed by atoms with Crippen molar-refractivity contribution in [2.45, 2.75) is 13.0 Å². The Balaban J connectivity index is 2.08. The second-order valence-electron chi connectivity index (χ2n) is 5.80. The predicted molar refractivity (Wildman–Crippen MR) is 105 cm³/mol. The first kappa shape index (κ1) is 19.0. The quantitative estimate of drug-likeness (QED) is 0.685. The number of aliphatic hydroxyl groups excluding tert-OH is 1. The van der Waals surface area contributed by atoms with Gasteiger partial charge in [-0.15, -0.1) is 11.3 Å². The van der Waals surface area contributed by atoms with E-state index in [9.17, 15) is 4.79 Å². The molecule has 1 amide bonds. The summed E-state index contributed by atoms with van der Waals surface area (Å²) in [5.41, 5.74) is 1.52. The van der Waals surface area contributed by atoms with Gasteiger partial charge in [0, 0.05) is 16.6 Å². The second-order valence-corrected chi connectivity index (χ2v) is 7.32. The zero-order valence-electron chi connectivity index (χ0n) is 14.3. The molecule has 27 heavy (non-hydrogen) atoms. The lowest BCUT2D eigenvalue weighted by Gasteiger charge is -2.12. The van der Waals surface area contributed by atoms with Gasteiger partial charge in [-0.05, 0) is 37.3 Å². The minimum absolute atomic E-state index is 0.176. The lowest BCUT2D eigenvalue weighted by molar-refractivity contribution is 0.0917. The summed E-state index contributed by atoms with van der Waals surface area (Å²) in [6, 6.07) is 13.8. The van der Waals surface area contributed by atoms with Crippen LogP contribution in [-0.2, 0) is 0 Å². The summed E-state index contributed by atoms with van der Waals surface area (Å²) in [6.45, 7) is 1.52. The van der Waals surface area contributed by atoms with Crippen LogP contribution in [0.25, 0.3) is 22.0 Å². The van der Waals surface area contributed by atoms with Gasteiger partial charge in [-0.25, -0.2) is 9.97 Å². The van der Waals surface area contributed by atoms with Crippen molar-refractivity contribution in [1.82, 2.24) is 15.3 Å². The van der Waals surface area contributed by atoms with Crippen LogP contribution >= 0.6 is 22.9 Å². The Morgan fingerprint density at radius 2 is 2.04 bits per heavy atom. The molecule has 0 saturated carbocycles. The number of aromatic nitrogens is 2. The monoisotopic (exact) mass is 398 g/mol. The molecule has 0 bridgehead atoms. The van der Waals surface area contributed by atoms with E-state index in [-0.39, 0.29) is 12.3 Å². The average molecular weight is 399 g/mol. The highest BCUT2D eigenvalue weighted by Gasteiger charge is 2.16. The van der Waals surface area contributed by atoms with E-state index in [1.807, 2.05) is 12.1 Å². The zero-order valence-corrected chi connectivity index (χ0v) is 15.9. The van der Waals surface area contributed by atoms with Gasteiger partial charge in [-0.3, -0.25) is 4.79 Å². The molecule has 0 fully saturated rings. The number of amides is 1. The maximum absolute atomic E-state index is 12.5. The highest BCUT2D eigenvalue weighted by Crippen LogP contribution is 2.28. The van der Waals surface area contributed by atoms with Gasteiger partial charge >= 0.3 is 0 Å². The molecule has 0 unspecified atom stereocenters. The Hall–Kier alpha value is -2.79. The number of nitrogens with zero attached hydrogens (tertiary/aromatic N) is 3. The fourth-order valence-electron chi connectivity index (χ4n) is 2.30. The molecule has 3 rings (SSSR count). The van der Waals surface area contributed by atoms with Crippen molar-refractivity contribution in [2.24, 2.45) is 0 Å². The highest BCUT2D eigenvalue weighted by molar-refractivity contribution is 7.15. The molecule has 2 aromatic heterocycles. The van der Waals surface area contributed by atoms with Gasteiger partial charge in [-0.1, -0.05) is 23.7 Å². The third-order valence-electron chi connectivity index (χ3n) is 3.69. The smallest absolute Gasteiger partial charge is 0.270 e. The maximum Gasteiger partial charge on any atom is 0.270 e. The number of benzene rings is 1. The van der Waals surface area contributed by atoms with Crippen molar-refractivity contribution >= 4 is 28.8 Å². The van der Waals surface area contributed by atoms with Crippen LogP contribution in [-0.4, -0.2) is 33.6 Å². The van der Waals surface area contributed by atoms with E-state index in [0.29, 0.717) is 26.3 Å². The largest absolute Gasteiger partial charge is 0.394 e. The predicted octanol–water partition coefficient (Wildman–Crippen LogP) is 3.51. The molecule has 136 valence electrons. The molecule has 2 N–H and O–H groups in total. The number of carbonyl (C=O) groups is 1. The van der Waals surface area contributed by atoms with Crippen molar-refractivity contribution in [3.8, 4) is 28.0 Å². The van der Waals surface area contributed by atoms with Crippen LogP contribution in [0, 0.1) is 11.3 Å². The number of hydrogen-bond donors (Lipinski definition) is 2. The number of rotatable bonds is 5. The molecule has 0 aliphatic rings. The van der Waals surface area contributed by atoms with Crippen LogP contribution in [0.4, 0.5) is 0 Å². The topological polar surface area (TPSA) is 98.9 Å². The molecule has 0 radical (unpaired) electrons. The second kappa shape index (κ2) is 8.27. The minimum Gasteiger partial charge on any atom is -0.394 e. The fraction of sp³-hybridized carbons (Fsp3) is 0.158. The molecule has 6 nitrogen and oxygen atoms in total. The molecule has 0 aliphatic heterocycles. The van der Waals surface area contributed by atoms with Crippen LogP contribution in [0.5, 0.6) is 0 Å². The molecule has 0 spiro atoms. The summed E-state index contributed by atoms with van der Waals surface area (Å²) in [5.74, 6) is -0.0526. The lowest BCUT2D eigenvalue weighted by Crippen LogP contribution is -2.35. The van der Waals surface area contributed by atoms with Crippen molar-refractivity contribution in [3.05, 3.63) is 58.1 Å². The number of nitrogens with one attached hydrogen (secondary N) is 1. The van der Waals surface area contributed by atoms with Crippen LogP contribution in [0.15, 0.2) is 42.5 Å². The standard InChI is InChI=1S/C19H15ClN4O2S/c1-11(10-25)22-19(26)16-8-15(12-2-4-13(20)5-3-12)23-18(24-16)17-7-6-14(9-21)27-17/h2-8,11,25H,10H2,1H3,(H,22,26)/t11-/m0/s1. The summed E-state index contributed by atoms with van der Waals surface area (Å²) in [6.07, 6.45) is 0. The Kier molecular flexibility index (Phi) is 5.81. The van der Waals surface area contributed by atoms with Gasteiger partial charge in [0.2, 0.25) is 0 Å². The molecular formula is C19H15ClN4O2S. The zero-order chi connectivity index (χ0) is 19.4. The van der Waals surface area contributed by atoms with E-state index in [2.05, 4.69) is 21.4 Å². The van der Waals surface area contributed by atoms with E-state index in [4.69, 9.17) is 22.0 Å². The Morgan fingerprint density at radius 3 is 2.67 bits per heavy atom.